The zero-order chi connectivity index (χ0) is 14.5. The number of phenolic OH excluding ortho intramolecular Hbond substituents is 1. The Kier molecular flexibility index (Phi) is 4.19. The monoisotopic (exact) mass is 278 g/mol. The van der Waals surface area contributed by atoms with Crippen molar-refractivity contribution >= 4 is 17.9 Å². The van der Waals surface area contributed by atoms with Gasteiger partial charge >= 0.3 is 12.0 Å². The minimum Gasteiger partial charge on any atom is -0.508 e. The van der Waals surface area contributed by atoms with Crippen molar-refractivity contribution in [2.75, 3.05) is 6.61 Å². The van der Waals surface area contributed by atoms with Crippen LogP contribution >= 0.6 is 0 Å². The second kappa shape index (κ2) is 6.05. The standard InChI is InChI=1S/C13H14N2O5/c16-10-5-1-8(2-6-10)12(18)20-7-11(17)15-13(19)14-9-3-4-9/h1-2,5-6,9,16H,3-4,7H2,(H2,14,15,17,19). The number of rotatable bonds is 4. The van der Waals surface area contributed by atoms with Crippen molar-refractivity contribution in [3.8, 4) is 5.75 Å². The van der Waals surface area contributed by atoms with Gasteiger partial charge in [-0.25, -0.2) is 9.59 Å². The van der Waals surface area contributed by atoms with Gasteiger partial charge in [0.15, 0.2) is 6.61 Å². The molecule has 1 aliphatic carbocycles. The van der Waals surface area contributed by atoms with E-state index in [1.54, 1.807) is 0 Å². The fourth-order valence-electron chi connectivity index (χ4n) is 1.42. The average molecular weight is 278 g/mol. The van der Waals surface area contributed by atoms with Gasteiger partial charge in [-0.3, -0.25) is 10.1 Å². The Morgan fingerprint density at radius 1 is 1.20 bits per heavy atom. The normalized spacial score (nSPS) is 13.4. The summed E-state index contributed by atoms with van der Waals surface area (Å²) in [7, 11) is 0. The third kappa shape index (κ3) is 4.27. The summed E-state index contributed by atoms with van der Waals surface area (Å²) in [6.45, 7) is -0.544. The summed E-state index contributed by atoms with van der Waals surface area (Å²) in [5.41, 5.74) is 0.207. The van der Waals surface area contributed by atoms with Crippen molar-refractivity contribution in [2.45, 2.75) is 18.9 Å². The van der Waals surface area contributed by atoms with E-state index in [1.165, 1.54) is 24.3 Å². The van der Waals surface area contributed by atoms with Crippen molar-refractivity contribution in [2.24, 2.45) is 0 Å². The SMILES string of the molecule is O=C(COC(=O)c1ccc(O)cc1)NC(=O)NC1CC1. The molecule has 1 fully saturated rings. The molecule has 0 radical (unpaired) electrons. The molecular weight excluding hydrogens is 264 g/mol. The molecule has 1 aromatic carbocycles. The number of hydrogen-bond donors (Lipinski definition) is 3. The van der Waals surface area contributed by atoms with Crippen LogP contribution in [-0.4, -0.2) is 35.7 Å². The van der Waals surface area contributed by atoms with Gasteiger partial charge in [-0.1, -0.05) is 0 Å². The third-order valence-electron chi connectivity index (χ3n) is 2.60. The van der Waals surface area contributed by atoms with Crippen LogP contribution in [0.4, 0.5) is 4.79 Å². The molecule has 2 rings (SSSR count). The lowest BCUT2D eigenvalue weighted by Crippen LogP contribution is -2.42. The van der Waals surface area contributed by atoms with E-state index in [9.17, 15) is 14.4 Å². The molecule has 0 heterocycles. The third-order valence-corrected chi connectivity index (χ3v) is 2.60. The van der Waals surface area contributed by atoms with Crippen molar-refractivity contribution < 1.29 is 24.2 Å². The van der Waals surface area contributed by atoms with E-state index in [2.05, 4.69) is 10.6 Å². The van der Waals surface area contributed by atoms with Crippen molar-refractivity contribution in [1.82, 2.24) is 10.6 Å². The second-order valence-corrected chi connectivity index (χ2v) is 4.42. The van der Waals surface area contributed by atoms with Crippen LogP contribution in [0.15, 0.2) is 24.3 Å². The molecule has 0 aromatic heterocycles. The zero-order valence-corrected chi connectivity index (χ0v) is 10.6. The van der Waals surface area contributed by atoms with Crippen LogP contribution in [0.1, 0.15) is 23.2 Å². The van der Waals surface area contributed by atoms with Crippen LogP contribution < -0.4 is 10.6 Å². The van der Waals surface area contributed by atoms with Gasteiger partial charge in [-0.05, 0) is 37.1 Å². The maximum Gasteiger partial charge on any atom is 0.338 e. The minimum absolute atomic E-state index is 0.0241. The Bertz CT molecular complexity index is 522. The van der Waals surface area contributed by atoms with Gasteiger partial charge in [0.2, 0.25) is 0 Å². The van der Waals surface area contributed by atoms with E-state index >= 15 is 0 Å². The molecular formula is C13H14N2O5. The van der Waals surface area contributed by atoms with Gasteiger partial charge in [0.1, 0.15) is 5.75 Å². The summed E-state index contributed by atoms with van der Waals surface area (Å²) in [5, 5.41) is 13.7. The van der Waals surface area contributed by atoms with Gasteiger partial charge < -0.3 is 15.2 Å². The number of carbonyl (C=O) groups excluding carboxylic acids is 3. The first-order valence-electron chi connectivity index (χ1n) is 6.11. The van der Waals surface area contributed by atoms with Crippen LogP contribution in [0.2, 0.25) is 0 Å². The smallest absolute Gasteiger partial charge is 0.338 e. The Labute approximate surface area is 114 Å². The quantitative estimate of drug-likeness (QED) is 0.697. The molecule has 0 saturated heterocycles. The predicted molar refractivity (Wildman–Crippen MR) is 68.1 cm³/mol. The van der Waals surface area contributed by atoms with Gasteiger partial charge in [0.25, 0.3) is 5.91 Å². The molecule has 20 heavy (non-hydrogen) atoms. The molecule has 7 heteroatoms. The fourth-order valence-corrected chi connectivity index (χ4v) is 1.42. The molecule has 0 atom stereocenters. The molecule has 7 nitrogen and oxygen atoms in total. The lowest BCUT2D eigenvalue weighted by molar-refractivity contribution is -0.123. The van der Waals surface area contributed by atoms with Crippen molar-refractivity contribution in [3.63, 3.8) is 0 Å². The van der Waals surface area contributed by atoms with Crippen molar-refractivity contribution in [1.29, 1.82) is 0 Å². The van der Waals surface area contributed by atoms with Crippen LogP contribution in [0, 0.1) is 0 Å². The fraction of sp³-hybridized carbons (Fsp3) is 0.308. The number of carbonyl (C=O) groups is 3. The lowest BCUT2D eigenvalue weighted by Gasteiger charge is -2.06. The summed E-state index contributed by atoms with van der Waals surface area (Å²) in [6.07, 6.45) is 1.83. The van der Waals surface area contributed by atoms with Gasteiger partial charge in [0.05, 0.1) is 5.56 Å². The van der Waals surface area contributed by atoms with E-state index in [-0.39, 0.29) is 17.4 Å². The first-order chi connectivity index (χ1) is 9.54. The number of imide groups is 1. The number of hydrogen-bond acceptors (Lipinski definition) is 5. The summed E-state index contributed by atoms with van der Waals surface area (Å²) >= 11 is 0. The highest BCUT2D eigenvalue weighted by Crippen LogP contribution is 2.18. The van der Waals surface area contributed by atoms with Crippen LogP contribution in [0.5, 0.6) is 5.75 Å². The first kappa shape index (κ1) is 13.9. The molecule has 3 amide bonds. The highest BCUT2D eigenvalue weighted by Gasteiger charge is 2.24. The van der Waals surface area contributed by atoms with E-state index in [0.29, 0.717) is 0 Å². The Morgan fingerprint density at radius 3 is 2.45 bits per heavy atom. The van der Waals surface area contributed by atoms with E-state index in [4.69, 9.17) is 9.84 Å². The Balaban J connectivity index is 1.73. The largest absolute Gasteiger partial charge is 0.508 e. The topological polar surface area (TPSA) is 105 Å². The summed E-state index contributed by atoms with van der Waals surface area (Å²) in [5.74, 6) is -1.38. The average Bonchev–Trinajstić information content (AvgIpc) is 3.20. The number of esters is 1. The van der Waals surface area contributed by atoms with E-state index in [0.717, 1.165) is 12.8 Å². The first-order valence-corrected chi connectivity index (χ1v) is 6.11. The van der Waals surface area contributed by atoms with E-state index < -0.39 is 24.5 Å². The molecule has 0 bridgehead atoms. The van der Waals surface area contributed by atoms with Gasteiger partial charge in [0, 0.05) is 6.04 Å². The maximum atomic E-state index is 11.5. The highest BCUT2D eigenvalue weighted by molar-refractivity contribution is 5.97. The molecule has 0 aliphatic heterocycles. The predicted octanol–water partition coefficient (Wildman–Crippen LogP) is 0.537. The number of benzene rings is 1. The van der Waals surface area contributed by atoms with Crippen LogP contribution in [0.25, 0.3) is 0 Å². The molecule has 0 unspecified atom stereocenters. The number of amides is 3. The van der Waals surface area contributed by atoms with Gasteiger partial charge in [-0.2, -0.15) is 0 Å². The Hall–Kier alpha value is -2.57. The molecule has 3 N–H and O–H groups in total. The number of ether oxygens (including phenoxy) is 1. The molecule has 1 aromatic rings. The van der Waals surface area contributed by atoms with E-state index in [1.807, 2.05) is 0 Å². The Morgan fingerprint density at radius 2 is 1.85 bits per heavy atom. The summed E-state index contributed by atoms with van der Waals surface area (Å²) < 4.78 is 4.74. The molecule has 1 aliphatic rings. The zero-order valence-electron chi connectivity index (χ0n) is 10.6. The number of phenols is 1. The molecule has 0 spiro atoms. The summed E-state index contributed by atoms with van der Waals surface area (Å²) in [6, 6.07) is 4.96. The molecule has 106 valence electrons. The highest BCUT2D eigenvalue weighted by atomic mass is 16.5. The minimum atomic E-state index is -0.706. The second-order valence-electron chi connectivity index (χ2n) is 4.42. The summed E-state index contributed by atoms with van der Waals surface area (Å²) in [4.78, 5) is 34.2. The maximum absolute atomic E-state index is 11.5. The van der Waals surface area contributed by atoms with Crippen LogP contribution in [-0.2, 0) is 9.53 Å². The van der Waals surface area contributed by atoms with Crippen molar-refractivity contribution in [3.05, 3.63) is 29.8 Å². The van der Waals surface area contributed by atoms with Gasteiger partial charge in [-0.15, -0.1) is 0 Å². The number of nitrogens with one attached hydrogen (secondary N) is 2. The number of urea groups is 1. The molecule has 1 saturated carbocycles. The number of aromatic hydroxyl groups is 1. The van der Waals surface area contributed by atoms with Crippen LogP contribution in [0.3, 0.4) is 0 Å². The lowest BCUT2D eigenvalue weighted by atomic mass is 10.2.